The van der Waals surface area contributed by atoms with Crippen LogP contribution < -0.4 is 0 Å². The Labute approximate surface area is 80.7 Å². The van der Waals surface area contributed by atoms with Gasteiger partial charge in [0, 0.05) is 5.57 Å². The second-order valence-electron chi connectivity index (χ2n) is 2.99. The minimum Gasteiger partial charge on any atom is -0.395 e. The van der Waals surface area contributed by atoms with Gasteiger partial charge in [-0.3, -0.25) is 0 Å². The molecule has 0 N–H and O–H groups in total. The van der Waals surface area contributed by atoms with Crippen molar-refractivity contribution in [3.05, 3.63) is 12.2 Å². The summed E-state index contributed by atoms with van der Waals surface area (Å²) in [7, 11) is 0. The molecule has 0 aliphatic carbocycles. The molecular formula is C9H13F3O2. The lowest BCUT2D eigenvalue weighted by Gasteiger charge is -2.19. The second kappa shape index (κ2) is 5.02. The van der Waals surface area contributed by atoms with Crippen LogP contribution in [-0.4, -0.2) is 18.2 Å². The molecule has 5 heteroatoms. The Hall–Kier alpha value is -1.00. The van der Waals surface area contributed by atoms with Crippen molar-refractivity contribution in [2.24, 2.45) is 0 Å². The molecule has 0 radical (unpaired) electrons. The van der Waals surface area contributed by atoms with E-state index in [-0.39, 0.29) is 18.4 Å². The molecule has 2 nitrogen and oxygen atoms in total. The van der Waals surface area contributed by atoms with Crippen molar-refractivity contribution in [3.63, 3.8) is 0 Å². The van der Waals surface area contributed by atoms with Crippen molar-refractivity contribution in [1.82, 2.24) is 0 Å². The highest BCUT2D eigenvalue weighted by Gasteiger charge is 2.43. The van der Waals surface area contributed by atoms with Gasteiger partial charge in [0.05, 0.1) is 0 Å². The predicted octanol–water partition coefficient (Wildman–Crippen LogP) is 2.84. The number of halogens is 3. The monoisotopic (exact) mass is 210 g/mol. The van der Waals surface area contributed by atoms with Gasteiger partial charge in [-0.2, -0.15) is 8.78 Å². The number of rotatable bonds is 5. The molecule has 0 amide bonds. The maximum atomic E-state index is 12.8. The minimum absolute atomic E-state index is 0.187. The van der Waals surface area contributed by atoms with Crippen LogP contribution in [0.1, 0.15) is 26.7 Å². The van der Waals surface area contributed by atoms with Crippen LogP contribution in [0.3, 0.4) is 0 Å². The lowest BCUT2D eigenvalue weighted by molar-refractivity contribution is -0.258. The van der Waals surface area contributed by atoms with Gasteiger partial charge >= 0.3 is 12.1 Å². The quantitative estimate of drug-likeness (QED) is 0.515. The van der Waals surface area contributed by atoms with E-state index < -0.39 is 18.2 Å². The second-order valence-corrected chi connectivity index (χ2v) is 2.99. The van der Waals surface area contributed by atoms with Crippen molar-refractivity contribution in [2.45, 2.75) is 39.0 Å². The van der Waals surface area contributed by atoms with E-state index in [9.17, 15) is 18.0 Å². The van der Waals surface area contributed by atoms with Gasteiger partial charge in [0.25, 0.3) is 0 Å². The Bertz CT molecular complexity index is 226. The van der Waals surface area contributed by atoms with Crippen LogP contribution in [0.25, 0.3) is 0 Å². The molecule has 0 aromatic rings. The third kappa shape index (κ3) is 3.81. The van der Waals surface area contributed by atoms with Crippen LogP contribution in [0.2, 0.25) is 0 Å². The van der Waals surface area contributed by atoms with E-state index >= 15 is 0 Å². The molecule has 82 valence electrons. The van der Waals surface area contributed by atoms with E-state index in [0.717, 1.165) is 0 Å². The topological polar surface area (TPSA) is 26.3 Å². The van der Waals surface area contributed by atoms with Crippen LogP contribution in [0.5, 0.6) is 0 Å². The van der Waals surface area contributed by atoms with Gasteiger partial charge in [0.2, 0.25) is 6.17 Å². The average Bonchev–Trinajstić information content (AvgIpc) is 2.03. The molecular weight excluding hydrogens is 197 g/mol. The van der Waals surface area contributed by atoms with E-state index in [1.165, 1.54) is 6.92 Å². The summed E-state index contributed by atoms with van der Waals surface area (Å²) in [5.74, 6) is -1.28. The fourth-order valence-electron chi connectivity index (χ4n) is 0.696. The van der Waals surface area contributed by atoms with Crippen molar-refractivity contribution in [2.75, 3.05) is 0 Å². The first-order valence-electron chi connectivity index (χ1n) is 4.22. The fraction of sp³-hybridized carbons (Fsp3) is 0.667. The Morgan fingerprint density at radius 2 is 2.07 bits per heavy atom. The Kier molecular flexibility index (Phi) is 4.67. The molecule has 0 aromatic heterocycles. The van der Waals surface area contributed by atoms with Gasteiger partial charge in [-0.05, 0) is 13.3 Å². The van der Waals surface area contributed by atoms with Gasteiger partial charge < -0.3 is 4.74 Å². The van der Waals surface area contributed by atoms with Crippen LogP contribution in [0.15, 0.2) is 12.2 Å². The van der Waals surface area contributed by atoms with Crippen LogP contribution in [0, 0.1) is 0 Å². The number of ether oxygens (including phenoxy) is 1. The highest BCUT2D eigenvalue weighted by Crippen LogP contribution is 2.27. The Morgan fingerprint density at radius 1 is 1.57 bits per heavy atom. The Balaban J connectivity index is 4.32. The molecule has 14 heavy (non-hydrogen) atoms. The average molecular weight is 210 g/mol. The van der Waals surface area contributed by atoms with E-state index in [1.807, 2.05) is 0 Å². The standard InChI is InChI=1S/C9H13F3O2/c1-4-5-7(10)9(11,12)14-8(13)6(2)3/h7H,2,4-5H2,1,3H3. The molecule has 1 atom stereocenters. The maximum absolute atomic E-state index is 12.8. The lowest BCUT2D eigenvalue weighted by Crippen LogP contribution is -2.35. The first-order valence-corrected chi connectivity index (χ1v) is 4.22. The summed E-state index contributed by atoms with van der Waals surface area (Å²) in [6.07, 6.45) is -6.63. The normalized spacial score (nSPS) is 13.5. The molecule has 0 fully saturated rings. The zero-order chi connectivity index (χ0) is 11.4. The van der Waals surface area contributed by atoms with E-state index in [4.69, 9.17) is 0 Å². The highest BCUT2D eigenvalue weighted by atomic mass is 19.3. The van der Waals surface area contributed by atoms with Crippen LogP contribution in [-0.2, 0) is 9.53 Å². The number of hydrogen-bond acceptors (Lipinski definition) is 2. The van der Waals surface area contributed by atoms with Crippen LogP contribution in [0.4, 0.5) is 13.2 Å². The van der Waals surface area contributed by atoms with Crippen molar-refractivity contribution >= 4 is 5.97 Å². The third-order valence-electron chi connectivity index (χ3n) is 1.48. The number of alkyl halides is 3. The summed E-state index contributed by atoms with van der Waals surface area (Å²) in [6, 6.07) is 0. The molecule has 1 unspecified atom stereocenters. The summed E-state index contributed by atoms with van der Waals surface area (Å²) >= 11 is 0. The minimum atomic E-state index is -4.06. The van der Waals surface area contributed by atoms with Gasteiger partial charge in [-0.25, -0.2) is 9.18 Å². The molecule has 0 saturated carbocycles. The Morgan fingerprint density at radius 3 is 2.43 bits per heavy atom. The van der Waals surface area contributed by atoms with Crippen molar-refractivity contribution in [1.29, 1.82) is 0 Å². The van der Waals surface area contributed by atoms with E-state index in [2.05, 4.69) is 11.3 Å². The van der Waals surface area contributed by atoms with Gasteiger partial charge in [-0.1, -0.05) is 19.9 Å². The van der Waals surface area contributed by atoms with E-state index in [1.54, 1.807) is 6.92 Å². The first-order chi connectivity index (χ1) is 6.31. The fourth-order valence-corrected chi connectivity index (χ4v) is 0.696. The zero-order valence-electron chi connectivity index (χ0n) is 8.15. The molecule has 0 rings (SSSR count). The molecule has 0 bridgehead atoms. The highest BCUT2D eigenvalue weighted by molar-refractivity contribution is 5.87. The van der Waals surface area contributed by atoms with Crippen LogP contribution >= 0.6 is 0 Å². The maximum Gasteiger partial charge on any atom is 0.432 e. The lowest BCUT2D eigenvalue weighted by atomic mass is 10.2. The summed E-state index contributed by atoms with van der Waals surface area (Å²) in [5.41, 5.74) is -0.187. The summed E-state index contributed by atoms with van der Waals surface area (Å²) in [5, 5.41) is 0. The van der Waals surface area contributed by atoms with Gasteiger partial charge in [0.15, 0.2) is 0 Å². The molecule has 0 spiro atoms. The number of hydrogen-bond donors (Lipinski definition) is 0. The van der Waals surface area contributed by atoms with Crippen molar-refractivity contribution < 1.29 is 22.7 Å². The molecule has 0 aliphatic rings. The summed E-state index contributed by atoms with van der Waals surface area (Å²) < 4.78 is 41.9. The first kappa shape index (κ1) is 13.0. The molecule has 0 aliphatic heterocycles. The number of carbonyl (C=O) groups is 1. The zero-order valence-corrected chi connectivity index (χ0v) is 8.15. The molecule has 0 saturated heterocycles. The largest absolute Gasteiger partial charge is 0.432 e. The number of esters is 1. The van der Waals surface area contributed by atoms with Crippen molar-refractivity contribution in [3.8, 4) is 0 Å². The molecule has 0 aromatic carbocycles. The predicted molar refractivity (Wildman–Crippen MR) is 45.7 cm³/mol. The van der Waals surface area contributed by atoms with E-state index in [0.29, 0.717) is 0 Å². The van der Waals surface area contributed by atoms with Gasteiger partial charge in [0.1, 0.15) is 0 Å². The summed E-state index contributed by atoms with van der Waals surface area (Å²) in [6.45, 7) is 5.89. The summed E-state index contributed by atoms with van der Waals surface area (Å²) in [4.78, 5) is 10.7. The smallest absolute Gasteiger partial charge is 0.395 e. The molecule has 0 heterocycles. The third-order valence-corrected chi connectivity index (χ3v) is 1.48. The SMILES string of the molecule is C=C(C)C(=O)OC(F)(F)C(F)CCC. The number of carbonyl (C=O) groups excluding carboxylic acids is 1. The van der Waals surface area contributed by atoms with Gasteiger partial charge in [-0.15, -0.1) is 0 Å².